The predicted octanol–water partition coefficient (Wildman–Crippen LogP) is 2.90. The summed E-state index contributed by atoms with van der Waals surface area (Å²) in [4.78, 5) is 0.185. The molecule has 1 aliphatic rings. The average molecular weight is 333 g/mol. The fourth-order valence-corrected chi connectivity index (χ4v) is 3.80. The van der Waals surface area contributed by atoms with Crippen LogP contribution in [0.2, 0.25) is 0 Å². The Morgan fingerprint density at radius 3 is 2.39 bits per heavy atom. The van der Waals surface area contributed by atoms with Gasteiger partial charge in [-0.2, -0.15) is 0 Å². The SMILES string of the molecule is Cc1ccc(C)c(N(C)S(=O)(=O)c2ccc3c(c2)OCCO3)c1. The van der Waals surface area contributed by atoms with Gasteiger partial charge < -0.3 is 9.47 Å². The van der Waals surface area contributed by atoms with Gasteiger partial charge in [0.1, 0.15) is 13.2 Å². The molecule has 5 nitrogen and oxygen atoms in total. The molecule has 0 bridgehead atoms. The molecule has 0 unspecified atom stereocenters. The standard InChI is InChI=1S/C17H19NO4S/c1-12-4-5-13(2)15(10-12)18(3)23(19,20)14-6-7-16-17(11-14)22-9-8-21-16/h4-7,10-11H,8-9H2,1-3H3. The van der Waals surface area contributed by atoms with E-state index in [4.69, 9.17) is 9.47 Å². The second-order valence-electron chi connectivity index (χ2n) is 5.57. The monoisotopic (exact) mass is 333 g/mol. The summed E-state index contributed by atoms with van der Waals surface area (Å²) in [6.45, 7) is 4.73. The fraction of sp³-hybridized carbons (Fsp3) is 0.294. The first kappa shape index (κ1) is 15.7. The highest BCUT2D eigenvalue weighted by molar-refractivity contribution is 7.92. The van der Waals surface area contributed by atoms with Crippen LogP contribution >= 0.6 is 0 Å². The Labute approximate surface area is 136 Å². The van der Waals surface area contributed by atoms with Crippen molar-refractivity contribution in [3.8, 4) is 11.5 Å². The number of rotatable bonds is 3. The molecule has 23 heavy (non-hydrogen) atoms. The number of hydrogen-bond acceptors (Lipinski definition) is 4. The summed E-state index contributed by atoms with van der Waals surface area (Å²) < 4.78 is 38.0. The Morgan fingerprint density at radius 2 is 1.65 bits per heavy atom. The van der Waals surface area contributed by atoms with Gasteiger partial charge in [-0.1, -0.05) is 12.1 Å². The van der Waals surface area contributed by atoms with Crippen LogP contribution in [0.15, 0.2) is 41.3 Å². The van der Waals surface area contributed by atoms with Gasteiger partial charge >= 0.3 is 0 Å². The van der Waals surface area contributed by atoms with Gasteiger partial charge in [-0.25, -0.2) is 8.42 Å². The second-order valence-corrected chi connectivity index (χ2v) is 7.54. The number of anilines is 1. The largest absolute Gasteiger partial charge is 0.486 e. The number of nitrogens with zero attached hydrogens (tertiary/aromatic N) is 1. The highest BCUT2D eigenvalue weighted by Crippen LogP contribution is 2.34. The van der Waals surface area contributed by atoms with E-state index >= 15 is 0 Å². The third kappa shape index (κ3) is 2.86. The third-order valence-corrected chi connectivity index (χ3v) is 5.64. The van der Waals surface area contributed by atoms with Crippen molar-refractivity contribution in [2.75, 3.05) is 24.6 Å². The molecule has 3 rings (SSSR count). The Kier molecular flexibility index (Phi) is 3.93. The van der Waals surface area contributed by atoms with Gasteiger partial charge in [0.2, 0.25) is 0 Å². The molecule has 1 heterocycles. The van der Waals surface area contributed by atoms with Gasteiger partial charge in [0.25, 0.3) is 10.0 Å². The van der Waals surface area contributed by atoms with Crippen LogP contribution in [0, 0.1) is 13.8 Å². The molecule has 0 radical (unpaired) electrons. The van der Waals surface area contributed by atoms with Gasteiger partial charge in [0.05, 0.1) is 10.6 Å². The van der Waals surface area contributed by atoms with Crippen LogP contribution in [0.3, 0.4) is 0 Å². The van der Waals surface area contributed by atoms with E-state index < -0.39 is 10.0 Å². The van der Waals surface area contributed by atoms with E-state index in [9.17, 15) is 8.42 Å². The quantitative estimate of drug-likeness (QED) is 0.867. The molecule has 0 spiro atoms. The minimum atomic E-state index is -3.67. The zero-order valence-corrected chi connectivity index (χ0v) is 14.2. The minimum absolute atomic E-state index is 0.185. The molecule has 0 N–H and O–H groups in total. The molecule has 6 heteroatoms. The minimum Gasteiger partial charge on any atom is -0.486 e. The van der Waals surface area contributed by atoms with E-state index in [2.05, 4.69) is 0 Å². The van der Waals surface area contributed by atoms with Crippen molar-refractivity contribution in [1.29, 1.82) is 0 Å². The van der Waals surface area contributed by atoms with Crippen LogP contribution in [0.5, 0.6) is 11.5 Å². The van der Waals surface area contributed by atoms with Crippen molar-refractivity contribution in [1.82, 2.24) is 0 Å². The van der Waals surface area contributed by atoms with Gasteiger partial charge in [-0.15, -0.1) is 0 Å². The molecule has 1 aliphatic heterocycles. The van der Waals surface area contributed by atoms with Crippen molar-refractivity contribution in [3.05, 3.63) is 47.5 Å². The molecule has 0 saturated heterocycles. The zero-order chi connectivity index (χ0) is 16.6. The first-order valence-electron chi connectivity index (χ1n) is 7.35. The van der Waals surface area contributed by atoms with Crippen molar-refractivity contribution in [3.63, 3.8) is 0 Å². The zero-order valence-electron chi connectivity index (χ0n) is 13.4. The smallest absolute Gasteiger partial charge is 0.264 e. The number of hydrogen-bond donors (Lipinski definition) is 0. The highest BCUT2D eigenvalue weighted by Gasteiger charge is 2.25. The van der Waals surface area contributed by atoms with Crippen molar-refractivity contribution < 1.29 is 17.9 Å². The second kappa shape index (κ2) is 5.77. The molecule has 2 aromatic rings. The molecular weight excluding hydrogens is 314 g/mol. The molecule has 122 valence electrons. The molecule has 0 saturated carbocycles. The maximum Gasteiger partial charge on any atom is 0.264 e. The molecule has 2 aromatic carbocycles. The van der Waals surface area contributed by atoms with Gasteiger partial charge in [0, 0.05) is 13.1 Å². The van der Waals surface area contributed by atoms with Crippen LogP contribution in [0.4, 0.5) is 5.69 Å². The van der Waals surface area contributed by atoms with Crippen LogP contribution in [-0.4, -0.2) is 28.7 Å². The lowest BCUT2D eigenvalue weighted by Gasteiger charge is -2.23. The van der Waals surface area contributed by atoms with Crippen LogP contribution in [0.25, 0.3) is 0 Å². The Bertz CT molecular complexity index is 846. The molecular formula is C17H19NO4S. The summed E-state index contributed by atoms with van der Waals surface area (Å²) in [5.74, 6) is 1.04. The Balaban J connectivity index is 2.02. The molecule has 0 aliphatic carbocycles. The fourth-order valence-electron chi connectivity index (χ4n) is 2.53. The number of fused-ring (bicyclic) bond motifs is 1. The van der Waals surface area contributed by atoms with E-state index in [-0.39, 0.29) is 4.90 Å². The molecule has 0 atom stereocenters. The predicted molar refractivity (Wildman–Crippen MR) is 88.9 cm³/mol. The van der Waals surface area contributed by atoms with Crippen molar-refractivity contribution in [2.45, 2.75) is 18.7 Å². The summed E-state index contributed by atoms with van der Waals surface area (Å²) in [7, 11) is -2.10. The van der Waals surface area contributed by atoms with E-state index in [0.29, 0.717) is 30.4 Å². The maximum absolute atomic E-state index is 12.9. The van der Waals surface area contributed by atoms with Crippen molar-refractivity contribution >= 4 is 15.7 Å². The lowest BCUT2D eigenvalue weighted by atomic mass is 10.1. The highest BCUT2D eigenvalue weighted by atomic mass is 32.2. The van der Waals surface area contributed by atoms with Gasteiger partial charge in [0.15, 0.2) is 11.5 Å². The van der Waals surface area contributed by atoms with Crippen LogP contribution < -0.4 is 13.8 Å². The molecule has 0 fully saturated rings. The topological polar surface area (TPSA) is 55.8 Å². The van der Waals surface area contributed by atoms with Gasteiger partial charge in [-0.05, 0) is 43.2 Å². The number of aryl methyl sites for hydroxylation is 2. The summed E-state index contributed by atoms with van der Waals surface area (Å²) in [5, 5.41) is 0. The molecule has 0 amide bonds. The first-order valence-corrected chi connectivity index (χ1v) is 8.79. The van der Waals surface area contributed by atoms with Crippen LogP contribution in [-0.2, 0) is 10.0 Å². The Morgan fingerprint density at radius 1 is 0.957 bits per heavy atom. The lowest BCUT2D eigenvalue weighted by molar-refractivity contribution is 0.171. The number of ether oxygens (including phenoxy) is 2. The van der Waals surface area contributed by atoms with Gasteiger partial charge in [-0.3, -0.25) is 4.31 Å². The maximum atomic E-state index is 12.9. The van der Waals surface area contributed by atoms with E-state index in [1.165, 1.54) is 10.4 Å². The first-order chi connectivity index (χ1) is 10.9. The molecule has 0 aromatic heterocycles. The normalized spacial score (nSPS) is 13.7. The average Bonchev–Trinajstić information content (AvgIpc) is 2.56. The van der Waals surface area contributed by atoms with E-state index in [1.807, 2.05) is 32.0 Å². The van der Waals surface area contributed by atoms with E-state index in [1.54, 1.807) is 19.2 Å². The third-order valence-electron chi connectivity index (χ3n) is 3.88. The summed E-state index contributed by atoms with van der Waals surface area (Å²) >= 11 is 0. The van der Waals surface area contributed by atoms with Crippen molar-refractivity contribution in [2.24, 2.45) is 0 Å². The Hall–Kier alpha value is -2.21. The lowest BCUT2D eigenvalue weighted by Crippen LogP contribution is -2.27. The summed E-state index contributed by atoms with van der Waals surface area (Å²) in [6.07, 6.45) is 0. The summed E-state index contributed by atoms with van der Waals surface area (Å²) in [5.41, 5.74) is 2.58. The summed E-state index contributed by atoms with van der Waals surface area (Å²) in [6, 6.07) is 10.4. The number of sulfonamides is 1. The van der Waals surface area contributed by atoms with Crippen LogP contribution in [0.1, 0.15) is 11.1 Å². The van der Waals surface area contributed by atoms with E-state index in [0.717, 1.165) is 11.1 Å². The number of benzene rings is 2.